The Balaban J connectivity index is 3.23. The summed E-state index contributed by atoms with van der Waals surface area (Å²) in [4.78, 5) is 1.87. The highest BCUT2D eigenvalue weighted by atomic mass is 19.1. The van der Waals surface area contributed by atoms with Gasteiger partial charge in [-0.15, -0.1) is 6.42 Å². The van der Waals surface area contributed by atoms with E-state index in [-0.39, 0.29) is 11.7 Å². The van der Waals surface area contributed by atoms with Gasteiger partial charge in [-0.05, 0) is 24.6 Å². The summed E-state index contributed by atoms with van der Waals surface area (Å²) >= 11 is 0. The van der Waals surface area contributed by atoms with Gasteiger partial charge in [-0.2, -0.15) is 0 Å². The van der Waals surface area contributed by atoms with Crippen LogP contribution in [0.3, 0.4) is 0 Å². The SMILES string of the molecule is C#CC(C)c1ccc(F)cc1N(C)C. The molecule has 0 amide bonds. The Morgan fingerprint density at radius 3 is 2.57 bits per heavy atom. The fourth-order valence-corrected chi connectivity index (χ4v) is 1.36. The van der Waals surface area contributed by atoms with E-state index in [0.29, 0.717) is 0 Å². The molecule has 1 rings (SSSR count). The molecule has 1 aromatic carbocycles. The van der Waals surface area contributed by atoms with Crippen LogP contribution in [0, 0.1) is 18.2 Å². The van der Waals surface area contributed by atoms with Crippen LogP contribution in [0.15, 0.2) is 18.2 Å². The average molecular weight is 191 g/mol. The Morgan fingerprint density at radius 2 is 2.07 bits per heavy atom. The number of nitrogens with zero attached hydrogens (tertiary/aromatic N) is 1. The molecule has 74 valence electrons. The molecule has 2 heteroatoms. The first-order chi connectivity index (χ1) is 6.56. The van der Waals surface area contributed by atoms with E-state index in [9.17, 15) is 4.39 Å². The van der Waals surface area contributed by atoms with E-state index in [1.165, 1.54) is 12.1 Å². The van der Waals surface area contributed by atoms with Gasteiger partial charge in [-0.25, -0.2) is 4.39 Å². The second-order valence-electron chi connectivity index (χ2n) is 3.49. The van der Waals surface area contributed by atoms with Gasteiger partial charge in [0.2, 0.25) is 0 Å². The molecular weight excluding hydrogens is 177 g/mol. The zero-order chi connectivity index (χ0) is 10.7. The van der Waals surface area contributed by atoms with Gasteiger partial charge < -0.3 is 4.90 Å². The van der Waals surface area contributed by atoms with Crippen LogP contribution in [0.5, 0.6) is 0 Å². The van der Waals surface area contributed by atoms with E-state index < -0.39 is 0 Å². The summed E-state index contributed by atoms with van der Waals surface area (Å²) in [6, 6.07) is 4.69. The van der Waals surface area contributed by atoms with Crippen molar-refractivity contribution in [2.24, 2.45) is 0 Å². The largest absolute Gasteiger partial charge is 0.377 e. The molecule has 0 aliphatic heterocycles. The second-order valence-corrected chi connectivity index (χ2v) is 3.49. The number of rotatable bonds is 2. The Morgan fingerprint density at radius 1 is 1.43 bits per heavy atom. The third-order valence-corrected chi connectivity index (χ3v) is 2.19. The van der Waals surface area contributed by atoms with Crippen LogP contribution in [0.2, 0.25) is 0 Å². The molecule has 0 aliphatic rings. The zero-order valence-corrected chi connectivity index (χ0v) is 8.71. The van der Waals surface area contributed by atoms with Crippen molar-refractivity contribution in [1.29, 1.82) is 0 Å². The van der Waals surface area contributed by atoms with Crippen LogP contribution >= 0.6 is 0 Å². The monoisotopic (exact) mass is 191 g/mol. The van der Waals surface area contributed by atoms with Crippen molar-refractivity contribution in [3.05, 3.63) is 29.6 Å². The van der Waals surface area contributed by atoms with Crippen LogP contribution in [-0.2, 0) is 0 Å². The number of terminal acetylenes is 1. The molecule has 0 aliphatic carbocycles. The molecule has 0 fully saturated rings. The summed E-state index contributed by atoms with van der Waals surface area (Å²) in [6.07, 6.45) is 5.35. The van der Waals surface area contributed by atoms with Crippen molar-refractivity contribution < 1.29 is 4.39 Å². The molecule has 0 spiro atoms. The lowest BCUT2D eigenvalue weighted by molar-refractivity contribution is 0.626. The van der Waals surface area contributed by atoms with Crippen LogP contribution in [0.4, 0.5) is 10.1 Å². The van der Waals surface area contributed by atoms with Gasteiger partial charge in [0.25, 0.3) is 0 Å². The van der Waals surface area contributed by atoms with Gasteiger partial charge in [0, 0.05) is 25.7 Å². The van der Waals surface area contributed by atoms with Crippen molar-refractivity contribution in [2.45, 2.75) is 12.8 Å². The summed E-state index contributed by atoms with van der Waals surface area (Å²) in [5.41, 5.74) is 1.83. The molecule has 0 saturated carbocycles. The molecule has 1 unspecified atom stereocenters. The van der Waals surface area contributed by atoms with Gasteiger partial charge in [-0.1, -0.05) is 12.0 Å². The summed E-state index contributed by atoms with van der Waals surface area (Å²) in [5, 5.41) is 0. The quantitative estimate of drug-likeness (QED) is 0.649. The number of hydrogen-bond donors (Lipinski definition) is 0. The van der Waals surface area contributed by atoms with E-state index in [2.05, 4.69) is 5.92 Å². The van der Waals surface area contributed by atoms with Crippen molar-refractivity contribution in [1.82, 2.24) is 0 Å². The Hall–Kier alpha value is -1.49. The molecule has 0 bridgehead atoms. The zero-order valence-electron chi connectivity index (χ0n) is 8.71. The van der Waals surface area contributed by atoms with E-state index in [1.807, 2.05) is 25.9 Å². The maximum Gasteiger partial charge on any atom is 0.125 e. The maximum atomic E-state index is 13.0. The molecular formula is C12H14FN. The van der Waals surface area contributed by atoms with E-state index in [0.717, 1.165) is 11.3 Å². The third-order valence-electron chi connectivity index (χ3n) is 2.19. The molecule has 0 N–H and O–H groups in total. The summed E-state index contributed by atoms with van der Waals surface area (Å²) in [6.45, 7) is 1.93. The molecule has 1 nitrogen and oxygen atoms in total. The minimum absolute atomic E-state index is 0.00741. The van der Waals surface area contributed by atoms with Gasteiger partial charge in [0.05, 0.1) is 0 Å². The standard InChI is InChI=1S/C12H14FN/c1-5-9(2)11-7-6-10(13)8-12(11)14(3)4/h1,6-9H,2-4H3. The van der Waals surface area contributed by atoms with Crippen LogP contribution < -0.4 is 4.90 Å². The minimum atomic E-state index is -0.235. The maximum absolute atomic E-state index is 13.0. The number of hydrogen-bond acceptors (Lipinski definition) is 1. The Labute approximate surface area is 84.5 Å². The lowest BCUT2D eigenvalue weighted by Crippen LogP contribution is -2.12. The lowest BCUT2D eigenvalue weighted by Gasteiger charge is -2.19. The first-order valence-electron chi connectivity index (χ1n) is 4.49. The predicted molar refractivity (Wildman–Crippen MR) is 58.0 cm³/mol. The van der Waals surface area contributed by atoms with E-state index in [1.54, 1.807) is 6.07 Å². The fourth-order valence-electron chi connectivity index (χ4n) is 1.36. The molecule has 14 heavy (non-hydrogen) atoms. The number of anilines is 1. The molecule has 0 radical (unpaired) electrons. The van der Waals surface area contributed by atoms with Crippen LogP contribution in [0.1, 0.15) is 18.4 Å². The summed E-state index contributed by atoms with van der Waals surface area (Å²) in [5.74, 6) is 2.42. The Kier molecular flexibility index (Phi) is 3.14. The first kappa shape index (κ1) is 10.6. The first-order valence-corrected chi connectivity index (χ1v) is 4.49. The second kappa shape index (κ2) is 4.15. The lowest BCUT2D eigenvalue weighted by atomic mass is 9.99. The Bertz CT molecular complexity index is 363. The highest BCUT2D eigenvalue weighted by molar-refractivity contribution is 5.55. The van der Waals surface area contributed by atoms with Crippen molar-refractivity contribution in [3.8, 4) is 12.3 Å². The van der Waals surface area contributed by atoms with E-state index in [4.69, 9.17) is 6.42 Å². The predicted octanol–water partition coefficient (Wildman–Crippen LogP) is 2.63. The van der Waals surface area contributed by atoms with Crippen LogP contribution in [-0.4, -0.2) is 14.1 Å². The van der Waals surface area contributed by atoms with Crippen molar-refractivity contribution in [3.63, 3.8) is 0 Å². The van der Waals surface area contributed by atoms with Gasteiger partial charge in [-0.3, -0.25) is 0 Å². The average Bonchev–Trinajstić information content (AvgIpc) is 2.16. The minimum Gasteiger partial charge on any atom is -0.377 e. The molecule has 1 atom stereocenters. The molecule has 0 saturated heterocycles. The molecule has 0 heterocycles. The van der Waals surface area contributed by atoms with Gasteiger partial charge in [0.1, 0.15) is 5.82 Å². The molecule has 1 aromatic rings. The van der Waals surface area contributed by atoms with Crippen molar-refractivity contribution >= 4 is 5.69 Å². The summed E-state index contributed by atoms with van der Waals surface area (Å²) in [7, 11) is 3.75. The highest BCUT2D eigenvalue weighted by Crippen LogP contribution is 2.26. The smallest absolute Gasteiger partial charge is 0.125 e. The van der Waals surface area contributed by atoms with Crippen LogP contribution in [0.25, 0.3) is 0 Å². The normalized spacial score (nSPS) is 11.9. The third kappa shape index (κ3) is 2.05. The molecule has 0 aromatic heterocycles. The topological polar surface area (TPSA) is 3.24 Å². The fraction of sp³-hybridized carbons (Fsp3) is 0.333. The van der Waals surface area contributed by atoms with E-state index >= 15 is 0 Å². The highest BCUT2D eigenvalue weighted by Gasteiger charge is 2.10. The van der Waals surface area contributed by atoms with Gasteiger partial charge >= 0.3 is 0 Å². The number of benzene rings is 1. The van der Waals surface area contributed by atoms with Gasteiger partial charge in [0.15, 0.2) is 0 Å². The summed E-state index contributed by atoms with van der Waals surface area (Å²) < 4.78 is 13.0. The number of halogens is 1. The van der Waals surface area contributed by atoms with Crippen molar-refractivity contribution in [2.75, 3.05) is 19.0 Å².